The molecule has 1 aliphatic rings. The van der Waals surface area contributed by atoms with E-state index >= 15 is 0 Å². The van der Waals surface area contributed by atoms with Gasteiger partial charge < -0.3 is 15.4 Å². The number of ketones is 1. The smallest absolute Gasteiger partial charge is 0.323 e. The van der Waals surface area contributed by atoms with E-state index in [1.165, 1.54) is 0 Å². The predicted octanol–water partition coefficient (Wildman–Crippen LogP) is 3.96. The number of benzene rings is 1. The summed E-state index contributed by atoms with van der Waals surface area (Å²) < 4.78 is 5.44. The number of aromatic nitrogens is 3. The molecule has 2 heterocycles. The molecule has 7 heteroatoms. The van der Waals surface area contributed by atoms with Crippen LogP contribution in [-0.2, 0) is 0 Å². The monoisotopic (exact) mass is 355 g/mol. The Bertz CT molecular complexity index is 750. The maximum atomic E-state index is 12.4. The Morgan fingerprint density at radius 3 is 2.73 bits per heavy atom. The summed E-state index contributed by atoms with van der Waals surface area (Å²) in [5.41, 5.74) is 1.47. The maximum absolute atomic E-state index is 12.4. The first-order chi connectivity index (χ1) is 12.7. The number of hydrogen-bond acceptors (Lipinski definition) is 7. The molecule has 2 aromatic rings. The lowest BCUT2D eigenvalue weighted by atomic mass is 10.0. The topological polar surface area (TPSA) is 89.0 Å². The molecule has 0 fully saturated rings. The average Bonchev–Trinajstić information content (AvgIpc) is 2.63. The van der Waals surface area contributed by atoms with Crippen LogP contribution in [-0.4, -0.2) is 33.9 Å². The largest absolute Gasteiger partial charge is 0.464 e. The second-order valence-corrected chi connectivity index (χ2v) is 6.27. The molecule has 0 atom stereocenters. The molecule has 0 saturated carbocycles. The van der Waals surface area contributed by atoms with Crippen LogP contribution in [0, 0.1) is 0 Å². The number of carbonyl (C=O) groups excluding carboxylic acids is 1. The van der Waals surface area contributed by atoms with Gasteiger partial charge in [0.05, 0.1) is 6.61 Å². The minimum atomic E-state index is 0.175. The quantitative estimate of drug-likeness (QED) is 0.842. The Morgan fingerprint density at radius 2 is 1.85 bits per heavy atom. The van der Waals surface area contributed by atoms with Crippen molar-refractivity contribution >= 4 is 23.4 Å². The Labute approximate surface area is 153 Å². The van der Waals surface area contributed by atoms with Gasteiger partial charge in [0.2, 0.25) is 11.9 Å². The molecule has 138 valence electrons. The predicted molar refractivity (Wildman–Crippen MR) is 101 cm³/mol. The summed E-state index contributed by atoms with van der Waals surface area (Å²) in [4.78, 5) is 25.4. The lowest BCUT2D eigenvalue weighted by molar-refractivity contribution is 0.0979. The number of carbonyl (C=O) groups is 1. The first-order valence-corrected chi connectivity index (χ1v) is 9.27. The minimum absolute atomic E-state index is 0.175. The molecule has 0 radical (unpaired) electrons. The number of fused-ring (bicyclic) bond motifs is 4. The highest BCUT2D eigenvalue weighted by Gasteiger charge is 2.10. The van der Waals surface area contributed by atoms with Crippen LogP contribution in [0.25, 0.3) is 0 Å². The van der Waals surface area contributed by atoms with E-state index in [9.17, 15) is 4.79 Å². The van der Waals surface area contributed by atoms with Gasteiger partial charge in [-0.1, -0.05) is 31.4 Å². The van der Waals surface area contributed by atoms with Gasteiger partial charge in [-0.3, -0.25) is 4.79 Å². The summed E-state index contributed by atoms with van der Waals surface area (Å²) in [5.74, 6) is 1.06. The van der Waals surface area contributed by atoms with E-state index in [2.05, 4.69) is 25.6 Å². The minimum Gasteiger partial charge on any atom is -0.464 e. The van der Waals surface area contributed by atoms with Gasteiger partial charge in [0.15, 0.2) is 5.78 Å². The number of nitrogens with one attached hydrogen (secondary N) is 2. The van der Waals surface area contributed by atoms with Gasteiger partial charge in [0.25, 0.3) is 0 Å². The van der Waals surface area contributed by atoms with Gasteiger partial charge in [-0.2, -0.15) is 15.0 Å². The van der Waals surface area contributed by atoms with Gasteiger partial charge in [-0.25, -0.2) is 0 Å². The fraction of sp³-hybridized carbons (Fsp3) is 0.474. The summed E-state index contributed by atoms with van der Waals surface area (Å²) in [7, 11) is 0. The molecule has 1 aromatic heterocycles. The van der Waals surface area contributed by atoms with Crippen molar-refractivity contribution in [3.8, 4) is 6.01 Å². The molecule has 1 aromatic carbocycles. The first kappa shape index (κ1) is 18.1. The van der Waals surface area contributed by atoms with E-state index < -0.39 is 0 Å². The van der Waals surface area contributed by atoms with Crippen molar-refractivity contribution in [1.29, 1.82) is 0 Å². The highest BCUT2D eigenvalue weighted by atomic mass is 16.5. The van der Waals surface area contributed by atoms with Crippen LogP contribution in [0.15, 0.2) is 24.3 Å². The summed E-state index contributed by atoms with van der Waals surface area (Å²) in [6.45, 7) is 3.16. The Balaban J connectivity index is 1.88. The zero-order valence-electron chi connectivity index (χ0n) is 15.1. The third kappa shape index (κ3) is 5.15. The Kier molecular flexibility index (Phi) is 6.35. The summed E-state index contributed by atoms with van der Waals surface area (Å²) in [6, 6.07) is 7.72. The van der Waals surface area contributed by atoms with Crippen molar-refractivity contribution in [3.63, 3.8) is 0 Å². The Hall–Kier alpha value is -2.70. The lowest BCUT2D eigenvalue weighted by Crippen LogP contribution is -2.10. The van der Waals surface area contributed by atoms with Crippen LogP contribution in [0.1, 0.15) is 55.8 Å². The molecule has 1 aliphatic heterocycles. The molecule has 0 amide bonds. The zero-order valence-corrected chi connectivity index (χ0v) is 15.1. The van der Waals surface area contributed by atoms with E-state index in [0.29, 0.717) is 30.5 Å². The molecule has 7 nitrogen and oxygen atoms in total. The first-order valence-electron chi connectivity index (χ1n) is 9.27. The van der Waals surface area contributed by atoms with Crippen molar-refractivity contribution < 1.29 is 9.53 Å². The number of hydrogen-bond donors (Lipinski definition) is 2. The molecule has 0 spiro atoms. The standard InChI is InChI=1S/C19H25N5O2/c1-2-26-19-23-17-20-12-7-5-3-4-6-11-16(25)14-9-8-10-15(13-14)21-18(22-17)24-19/h8-10,13H,2-7,11-12H2,1H3,(H2,20,21,22,23,24). The fourth-order valence-corrected chi connectivity index (χ4v) is 2.87. The van der Waals surface area contributed by atoms with Crippen LogP contribution in [0.4, 0.5) is 17.6 Å². The van der Waals surface area contributed by atoms with Crippen molar-refractivity contribution in [1.82, 2.24) is 15.0 Å². The third-order valence-corrected chi connectivity index (χ3v) is 4.19. The number of anilines is 3. The SMILES string of the molecule is CCOc1nc2nc(n1)Nc1cccc(c1)C(=O)CCCCCCCN2. The van der Waals surface area contributed by atoms with Gasteiger partial charge in [0.1, 0.15) is 0 Å². The second-order valence-electron chi connectivity index (χ2n) is 6.27. The molecular weight excluding hydrogens is 330 g/mol. The van der Waals surface area contributed by atoms with Gasteiger partial charge in [-0.05, 0) is 31.9 Å². The molecule has 26 heavy (non-hydrogen) atoms. The van der Waals surface area contributed by atoms with Gasteiger partial charge in [0, 0.05) is 24.2 Å². The lowest BCUT2D eigenvalue weighted by Gasteiger charge is -2.11. The van der Waals surface area contributed by atoms with Gasteiger partial charge in [-0.15, -0.1) is 0 Å². The van der Waals surface area contributed by atoms with Crippen molar-refractivity contribution in [2.45, 2.75) is 45.4 Å². The molecule has 2 N–H and O–H groups in total. The molecule has 4 bridgehead atoms. The van der Waals surface area contributed by atoms with E-state index in [0.717, 1.165) is 44.3 Å². The number of nitrogens with zero attached hydrogens (tertiary/aromatic N) is 3. The molecule has 0 unspecified atom stereocenters. The molecule has 3 rings (SSSR count). The van der Waals surface area contributed by atoms with Crippen LogP contribution >= 0.6 is 0 Å². The van der Waals surface area contributed by atoms with E-state index in [1.54, 1.807) is 0 Å². The zero-order chi connectivity index (χ0) is 18.2. The normalized spacial score (nSPS) is 15.7. The molecule has 0 aliphatic carbocycles. The van der Waals surface area contributed by atoms with Crippen LogP contribution in [0.2, 0.25) is 0 Å². The van der Waals surface area contributed by atoms with E-state index in [-0.39, 0.29) is 11.8 Å². The summed E-state index contributed by atoms with van der Waals surface area (Å²) >= 11 is 0. The number of rotatable bonds is 2. The highest BCUT2D eigenvalue weighted by Crippen LogP contribution is 2.20. The second kappa shape index (κ2) is 9.12. The van der Waals surface area contributed by atoms with Crippen LogP contribution < -0.4 is 15.4 Å². The number of Topliss-reactive ketones (excluding diaryl/α,β-unsaturated/α-hetero) is 1. The summed E-state index contributed by atoms with van der Waals surface area (Å²) in [5, 5.41) is 6.39. The van der Waals surface area contributed by atoms with E-state index in [4.69, 9.17) is 4.74 Å². The van der Waals surface area contributed by atoms with E-state index in [1.807, 2.05) is 31.2 Å². The van der Waals surface area contributed by atoms with Gasteiger partial charge >= 0.3 is 6.01 Å². The van der Waals surface area contributed by atoms with Crippen molar-refractivity contribution in [3.05, 3.63) is 29.8 Å². The molecule has 0 saturated heterocycles. The van der Waals surface area contributed by atoms with Crippen molar-refractivity contribution in [2.75, 3.05) is 23.8 Å². The maximum Gasteiger partial charge on any atom is 0.323 e. The van der Waals surface area contributed by atoms with Crippen molar-refractivity contribution in [2.24, 2.45) is 0 Å². The highest BCUT2D eigenvalue weighted by molar-refractivity contribution is 5.97. The number of ether oxygens (including phenoxy) is 1. The van der Waals surface area contributed by atoms with Crippen LogP contribution in [0.5, 0.6) is 6.01 Å². The van der Waals surface area contributed by atoms with Crippen LogP contribution in [0.3, 0.4) is 0 Å². The third-order valence-electron chi connectivity index (χ3n) is 4.19. The summed E-state index contributed by atoms with van der Waals surface area (Å²) in [6.07, 6.45) is 5.88. The average molecular weight is 355 g/mol. The molecular formula is C19H25N5O2. The fourth-order valence-electron chi connectivity index (χ4n) is 2.87. The Morgan fingerprint density at radius 1 is 1.04 bits per heavy atom.